The number of nitrogens with zero attached hydrogens (tertiary/aromatic N) is 1. The summed E-state index contributed by atoms with van der Waals surface area (Å²) in [6.45, 7) is 0. The first-order valence-corrected chi connectivity index (χ1v) is 6.78. The van der Waals surface area contributed by atoms with Gasteiger partial charge >= 0.3 is 0 Å². The first-order chi connectivity index (χ1) is 6.88. The molecule has 0 saturated heterocycles. The molecule has 1 aromatic rings. The van der Waals surface area contributed by atoms with Crippen molar-refractivity contribution in [3.05, 3.63) is 35.9 Å². The van der Waals surface area contributed by atoms with Crippen molar-refractivity contribution in [2.45, 2.75) is 12.5 Å². The molecular weight excluding hydrogens is 258 g/mol. The lowest BCUT2D eigenvalue weighted by Crippen LogP contribution is -2.07. The molecule has 1 nitrogen and oxygen atoms in total. The molecule has 1 atom stereocenters. The lowest BCUT2D eigenvalue weighted by atomic mass is 10.1. The monoisotopic (exact) mass is 269 g/mol. The van der Waals surface area contributed by atoms with Crippen molar-refractivity contribution in [2.24, 2.45) is 4.99 Å². The Bertz CT molecular complexity index is 323. The highest BCUT2D eigenvalue weighted by molar-refractivity contribution is 9.09. The van der Waals surface area contributed by atoms with Crippen LogP contribution in [-0.4, -0.2) is 22.2 Å². The smallest absolute Gasteiger partial charge is 0.0786 e. The quantitative estimate of drug-likeness (QED) is 0.769. The van der Waals surface area contributed by atoms with E-state index in [9.17, 15) is 0 Å². The van der Waals surface area contributed by atoms with E-state index < -0.39 is 0 Å². The van der Waals surface area contributed by atoms with Gasteiger partial charge in [-0.3, -0.25) is 4.99 Å². The fourth-order valence-electron chi connectivity index (χ4n) is 1.53. The molecule has 14 heavy (non-hydrogen) atoms. The second kappa shape index (κ2) is 4.99. The molecule has 1 aliphatic heterocycles. The van der Waals surface area contributed by atoms with Crippen LogP contribution in [0.1, 0.15) is 5.56 Å². The second-order valence-electron chi connectivity index (χ2n) is 3.31. The van der Waals surface area contributed by atoms with Gasteiger partial charge in [-0.05, 0) is 12.0 Å². The van der Waals surface area contributed by atoms with Crippen molar-refractivity contribution in [1.82, 2.24) is 0 Å². The molecule has 3 heteroatoms. The summed E-state index contributed by atoms with van der Waals surface area (Å²) in [5.41, 5.74) is 1.39. The normalized spacial score (nSPS) is 20.9. The molecule has 0 aliphatic carbocycles. The van der Waals surface area contributed by atoms with Crippen LogP contribution in [0.3, 0.4) is 0 Å². The molecule has 1 unspecified atom stereocenters. The summed E-state index contributed by atoms with van der Waals surface area (Å²) >= 11 is 5.31. The molecule has 0 spiro atoms. The van der Waals surface area contributed by atoms with E-state index in [0.29, 0.717) is 6.04 Å². The first-order valence-electron chi connectivity index (χ1n) is 4.68. The molecule has 0 saturated carbocycles. The van der Waals surface area contributed by atoms with Gasteiger partial charge in [0.15, 0.2) is 0 Å². The van der Waals surface area contributed by atoms with Crippen molar-refractivity contribution in [3.63, 3.8) is 0 Å². The largest absolute Gasteiger partial charge is 0.277 e. The van der Waals surface area contributed by atoms with Gasteiger partial charge in [-0.15, -0.1) is 11.8 Å². The van der Waals surface area contributed by atoms with Gasteiger partial charge in [0.1, 0.15) is 0 Å². The van der Waals surface area contributed by atoms with E-state index >= 15 is 0 Å². The first kappa shape index (κ1) is 10.2. The predicted molar refractivity (Wildman–Crippen MR) is 67.6 cm³/mol. The molecule has 1 aromatic carbocycles. The van der Waals surface area contributed by atoms with E-state index in [4.69, 9.17) is 0 Å². The third kappa shape index (κ3) is 2.61. The van der Waals surface area contributed by atoms with Gasteiger partial charge in [-0.25, -0.2) is 0 Å². The van der Waals surface area contributed by atoms with Gasteiger partial charge in [-0.1, -0.05) is 46.3 Å². The number of alkyl halides is 1. The van der Waals surface area contributed by atoms with Crippen LogP contribution in [0.5, 0.6) is 0 Å². The number of thioether (sulfide) groups is 1. The summed E-state index contributed by atoms with van der Waals surface area (Å²) in [4.78, 5) is 4.63. The van der Waals surface area contributed by atoms with E-state index in [-0.39, 0.29) is 0 Å². The Morgan fingerprint density at radius 1 is 1.36 bits per heavy atom. The Balaban J connectivity index is 1.97. The van der Waals surface area contributed by atoms with Gasteiger partial charge in [0.05, 0.1) is 16.4 Å². The Morgan fingerprint density at radius 3 is 2.79 bits per heavy atom. The minimum Gasteiger partial charge on any atom is -0.277 e. The summed E-state index contributed by atoms with van der Waals surface area (Å²) in [7, 11) is 0. The molecule has 0 aromatic heterocycles. The van der Waals surface area contributed by atoms with Crippen LogP contribution in [0, 0.1) is 0 Å². The molecule has 0 fully saturated rings. The van der Waals surface area contributed by atoms with Gasteiger partial charge in [0, 0.05) is 5.75 Å². The zero-order valence-electron chi connectivity index (χ0n) is 7.82. The van der Waals surface area contributed by atoms with E-state index in [1.165, 1.54) is 10.6 Å². The van der Waals surface area contributed by atoms with Crippen LogP contribution < -0.4 is 0 Å². The minimum atomic E-state index is 0.481. The average Bonchev–Trinajstić information content (AvgIpc) is 2.67. The molecule has 0 amide bonds. The topological polar surface area (TPSA) is 12.4 Å². The van der Waals surface area contributed by atoms with Crippen molar-refractivity contribution in [1.29, 1.82) is 0 Å². The van der Waals surface area contributed by atoms with Gasteiger partial charge < -0.3 is 0 Å². The number of halogens is 1. The second-order valence-corrected chi connectivity index (χ2v) is 4.97. The van der Waals surface area contributed by atoms with Gasteiger partial charge in [-0.2, -0.15) is 0 Å². The number of aliphatic imine (C=N–C) groups is 1. The molecule has 2 rings (SSSR count). The predicted octanol–water partition coefficient (Wildman–Crippen LogP) is 3.14. The highest BCUT2D eigenvalue weighted by Gasteiger charge is 2.17. The Kier molecular flexibility index (Phi) is 3.65. The minimum absolute atomic E-state index is 0.481. The zero-order chi connectivity index (χ0) is 9.80. The summed E-state index contributed by atoms with van der Waals surface area (Å²) in [5, 5.41) is 2.15. The highest BCUT2D eigenvalue weighted by atomic mass is 79.9. The number of hydrogen-bond acceptors (Lipinski definition) is 2. The van der Waals surface area contributed by atoms with E-state index in [2.05, 4.69) is 51.3 Å². The third-order valence-electron chi connectivity index (χ3n) is 2.20. The summed E-state index contributed by atoms with van der Waals surface area (Å²) in [6, 6.07) is 11.1. The maximum absolute atomic E-state index is 4.63. The molecular formula is C11H12BrNS. The van der Waals surface area contributed by atoms with Crippen LogP contribution in [0.2, 0.25) is 0 Å². The molecule has 0 radical (unpaired) electrons. The Morgan fingerprint density at radius 2 is 2.14 bits per heavy atom. The molecule has 0 bridgehead atoms. The number of benzene rings is 1. The van der Waals surface area contributed by atoms with Crippen LogP contribution in [-0.2, 0) is 6.42 Å². The average molecular weight is 270 g/mol. The van der Waals surface area contributed by atoms with Crippen LogP contribution in [0.15, 0.2) is 35.3 Å². The van der Waals surface area contributed by atoms with E-state index in [1.54, 1.807) is 0 Å². The zero-order valence-corrected chi connectivity index (χ0v) is 10.2. The third-order valence-corrected chi connectivity index (χ3v) is 4.23. The fraction of sp³-hybridized carbons (Fsp3) is 0.364. The van der Waals surface area contributed by atoms with Crippen LogP contribution >= 0.6 is 27.7 Å². The molecule has 1 aliphatic rings. The summed E-state index contributed by atoms with van der Waals surface area (Å²) < 4.78 is 0. The molecule has 0 N–H and O–H groups in total. The maximum Gasteiger partial charge on any atom is 0.0786 e. The summed E-state index contributed by atoms with van der Waals surface area (Å²) in [6.07, 6.45) is 1.07. The SMILES string of the molecule is BrCC1=NC(Cc2ccccc2)CS1. The Labute approximate surface area is 97.1 Å². The lowest BCUT2D eigenvalue weighted by molar-refractivity contribution is 0.762. The maximum atomic E-state index is 4.63. The van der Waals surface area contributed by atoms with Crippen molar-refractivity contribution < 1.29 is 0 Å². The molecule has 1 heterocycles. The van der Waals surface area contributed by atoms with Crippen LogP contribution in [0.25, 0.3) is 0 Å². The van der Waals surface area contributed by atoms with Gasteiger partial charge in [0.2, 0.25) is 0 Å². The summed E-state index contributed by atoms with van der Waals surface area (Å²) in [5.74, 6) is 1.13. The standard InChI is InChI=1S/C11H12BrNS/c12-7-11-13-10(8-14-11)6-9-4-2-1-3-5-9/h1-5,10H,6-8H2. The number of hydrogen-bond donors (Lipinski definition) is 0. The lowest BCUT2D eigenvalue weighted by Gasteiger charge is -2.04. The van der Waals surface area contributed by atoms with Crippen molar-refractivity contribution in [2.75, 3.05) is 11.1 Å². The highest BCUT2D eigenvalue weighted by Crippen LogP contribution is 2.21. The van der Waals surface area contributed by atoms with E-state index in [1.807, 2.05) is 11.8 Å². The number of rotatable bonds is 3. The van der Waals surface area contributed by atoms with Crippen molar-refractivity contribution >= 4 is 32.7 Å². The van der Waals surface area contributed by atoms with E-state index in [0.717, 1.165) is 17.5 Å². The van der Waals surface area contributed by atoms with Crippen LogP contribution in [0.4, 0.5) is 0 Å². The molecule has 74 valence electrons. The van der Waals surface area contributed by atoms with Gasteiger partial charge in [0.25, 0.3) is 0 Å². The fourth-order valence-corrected chi connectivity index (χ4v) is 3.04. The Hall–Kier alpha value is -0.280. The van der Waals surface area contributed by atoms with Crippen molar-refractivity contribution in [3.8, 4) is 0 Å².